The zero-order valence-corrected chi connectivity index (χ0v) is 12.4. The van der Waals surface area contributed by atoms with Crippen LogP contribution in [0.25, 0.3) is 11.1 Å². The van der Waals surface area contributed by atoms with Gasteiger partial charge in [0.1, 0.15) is 11.9 Å². The van der Waals surface area contributed by atoms with Crippen LogP contribution in [0.3, 0.4) is 0 Å². The normalized spacial score (nSPS) is 15.0. The van der Waals surface area contributed by atoms with E-state index in [2.05, 4.69) is 10.3 Å². The highest BCUT2D eigenvalue weighted by atomic mass is 19.4. The second-order valence-corrected chi connectivity index (χ2v) is 5.37. The first-order valence-electron chi connectivity index (χ1n) is 7.20. The molecule has 3 N–H and O–H groups in total. The van der Waals surface area contributed by atoms with Crippen molar-refractivity contribution in [3.05, 3.63) is 47.8 Å². The summed E-state index contributed by atoms with van der Waals surface area (Å²) in [4.78, 5) is 14.9. The van der Waals surface area contributed by atoms with Crippen molar-refractivity contribution in [3.8, 4) is 16.9 Å². The number of ether oxygens (including phenoxy) is 1. The van der Waals surface area contributed by atoms with Crippen LogP contribution in [0.1, 0.15) is 16.1 Å². The fourth-order valence-electron chi connectivity index (χ4n) is 2.41. The van der Waals surface area contributed by atoms with E-state index < -0.39 is 17.8 Å². The summed E-state index contributed by atoms with van der Waals surface area (Å²) in [6, 6.07) is 7.22. The summed E-state index contributed by atoms with van der Waals surface area (Å²) in [6.45, 7) is 1.46. The van der Waals surface area contributed by atoms with Crippen LogP contribution in [0.2, 0.25) is 0 Å². The van der Waals surface area contributed by atoms with E-state index in [0.717, 1.165) is 19.3 Å². The minimum atomic E-state index is -4.70. The molecule has 126 valence electrons. The van der Waals surface area contributed by atoms with Crippen LogP contribution in [0.4, 0.5) is 13.2 Å². The number of carbonyl (C=O) groups is 1. The van der Waals surface area contributed by atoms with E-state index in [4.69, 9.17) is 10.5 Å². The summed E-state index contributed by atoms with van der Waals surface area (Å²) >= 11 is 0. The molecule has 0 unspecified atom stereocenters. The monoisotopic (exact) mass is 337 g/mol. The zero-order valence-electron chi connectivity index (χ0n) is 12.4. The summed E-state index contributed by atoms with van der Waals surface area (Å²) in [5.74, 6) is -0.401. The van der Waals surface area contributed by atoms with Crippen molar-refractivity contribution >= 4 is 5.91 Å². The number of rotatable bonds is 4. The molecule has 0 saturated carbocycles. The lowest BCUT2D eigenvalue weighted by atomic mass is 9.97. The van der Waals surface area contributed by atoms with Gasteiger partial charge in [0.15, 0.2) is 5.69 Å². The minimum absolute atomic E-state index is 0.0566. The SMILES string of the molecule is NC(=O)c1ccnc(C(F)(F)F)c1-c1ccc(OC2CNC2)cc1. The molecule has 1 aromatic heterocycles. The van der Waals surface area contributed by atoms with E-state index in [-0.39, 0.29) is 22.8 Å². The topological polar surface area (TPSA) is 77.2 Å². The van der Waals surface area contributed by atoms with E-state index in [1.54, 1.807) is 12.1 Å². The number of carbonyl (C=O) groups excluding carboxylic acids is 1. The maximum absolute atomic E-state index is 13.2. The van der Waals surface area contributed by atoms with Gasteiger partial charge < -0.3 is 15.8 Å². The number of nitrogens with two attached hydrogens (primary N) is 1. The van der Waals surface area contributed by atoms with Gasteiger partial charge in [-0.1, -0.05) is 12.1 Å². The number of aromatic nitrogens is 1. The van der Waals surface area contributed by atoms with E-state index in [1.165, 1.54) is 18.2 Å². The molecule has 2 heterocycles. The average Bonchev–Trinajstić information content (AvgIpc) is 2.50. The lowest BCUT2D eigenvalue weighted by molar-refractivity contribution is -0.140. The van der Waals surface area contributed by atoms with Crippen molar-refractivity contribution in [1.29, 1.82) is 0 Å². The van der Waals surface area contributed by atoms with Crippen molar-refractivity contribution in [1.82, 2.24) is 10.3 Å². The summed E-state index contributed by atoms with van der Waals surface area (Å²) in [6.07, 6.45) is -3.72. The van der Waals surface area contributed by atoms with Gasteiger partial charge in [0.05, 0.1) is 5.56 Å². The molecule has 5 nitrogen and oxygen atoms in total. The molecule has 0 radical (unpaired) electrons. The third kappa shape index (κ3) is 3.18. The molecular weight excluding hydrogens is 323 g/mol. The molecule has 1 amide bonds. The molecule has 0 bridgehead atoms. The maximum Gasteiger partial charge on any atom is 0.433 e. The standard InChI is InChI=1S/C16H14F3N3O2/c17-16(18,19)14-13(12(15(20)23)5-6-22-14)9-1-3-10(4-2-9)24-11-7-21-8-11/h1-6,11,21H,7-8H2,(H2,20,23). The first kappa shape index (κ1) is 16.3. The number of benzene rings is 1. The quantitative estimate of drug-likeness (QED) is 0.897. The van der Waals surface area contributed by atoms with Gasteiger partial charge >= 0.3 is 6.18 Å². The van der Waals surface area contributed by atoms with Gasteiger partial charge in [-0.2, -0.15) is 13.2 Å². The van der Waals surface area contributed by atoms with E-state index in [0.29, 0.717) is 5.75 Å². The Kier molecular flexibility index (Phi) is 4.15. The van der Waals surface area contributed by atoms with Crippen LogP contribution in [0.5, 0.6) is 5.75 Å². The van der Waals surface area contributed by atoms with Crippen LogP contribution in [0, 0.1) is 0 Å². The Hall–Kier alpha value is -2.61. The van der Waals surface area contributed by atoms with Crippen LogP contribution >= 0.6 is 0 Å². The van der Waals surface area contributed by atoms with Crippen molar-refractivity contribution < 1.29 is 22.7 Å². The smallest absolute Gasteiger partial charge is 0.433 e. The molecule has 1 aromatic carbocycles. The average molecular weight is 337 g/mol. The summed E-state index contributed by atoms with van der Waals surface area (Å²) < 4.78 is 45.3. The highest BCUT2D eigenvalue weighted by Gasteiger charge is 2.37. The molecular formula is C16H14F3N3O2. The number of hydrogen-bond acceptors (Lipinski definition) is 4. The van der Waals surface area contributed by atoms with Gasteiger partial charge in [0.2, 0.25) is 5.91 Å². The molecule has 3 rings (SSSR count). The summed E-state index contributed by atoms with van der Waals surface area (Å²) in [7, 11) is 0. The molecule has 8 heteroatoms. The van der Waals surface area contributed by atoms with Gasteiger partial charge in [-0.05, 0) is 23.8 Å². The molecule has 1 aliphatic rings. The number of nitrogens with zero attached hydrogens (tertiary/aromatic N) is 1. The van der Waals surface area contributed by atoms with Crippen molar-refractivity contribution in [2.75, 3.05) is 13.1 Å². The third-order valence-electron chi connectivity index (χ3n) is 3.67. The second-order valence-electron chi connectivity index (χ2n) is 5.37. The molecule has 1 aliphatic heterocycles. The second kappa shape index (κ2) is 6.12. The molecule has 24 heavy (non-hydrogen) atoms. The van der Waals surface area contributed by atoms with Crippen molar-refractivity contribution in [2.24, 2.45) is 5.73 Å². The summed E-state index contributed by atoms with van der Waals surface area (Å²) in [5, 5.41) is 3.05. The molecule has 0 atom stereocenters. The van der Waals surface area contributed by atoms with Crippen molar-refractivity contribution in [3.63, 3.8) is 0 Å². The number of primary amides is 1. The number of pyridine rings is 1. The maximum atomic E-state index is 13.2. The van der Waals surface area contributed by atoms with Gasteiger partial charge in [-0.25, -0.2) is 0 Å². The Morgan fingerprint density at radius 2 is 1.88 bits per heavy atom. The molecule has 2 aromatic rings. The van der Waals surface area contributed by atoms with Crippen LogP contribution in [0.15, 0.2) is 36.5 Å². The van der Waals surface area contributed by atoms with Gasteiger partial charge in [-0.15, -0.1) is 0 Å². The summed E-state index contributed by atoms with van der Waals surface area (Å²) in [5.41, 5.74) is 3.72. The largest absolute Gasteiger partial charge is 0.488 e. The van der Waals surface area contributed by atoms with Crippen LogP contribution in [-0.4, -0.2) is 30.1 Å². The fraction of sp³-hybridized carbons (Fsp3) is 0.250. The Bertz CT molecular complexity index is 756. The molecule has 1 fully saturated rings. The lowest BCUT2D eigenvalue weighted by Gasteiger charge is -2.27. The van der Waals surface area contributed by atoms with E-state index in [1.807, 2.05) is 0 Å². The number of nitrogens with one attached hydrogen (secondary N) is 1. The lowest BCUT2D eigenvalue weighted by Crippen LogP contribution is -2.50. The predicted octanol–water partition coefficient (Wildman–Crippen LogP) is 2.22. The van der Waals surface area contributed by atoms with Crippen molar-refractivity contribution in [2.45, 2.75) is 12.3 Å². The molecule has 0 aliphatic carbocycles. The van der Waals surface area contributed by atoms with Gasteiger partial charge in [-0.3, -0.25) is 9.78 Å². The minimum Gasteiger partial charge on any atom is -0.488 e. The number of halogens is 3. The number of hydrogen-bond donors (Lipinski definition) is 2. The fourth-order valence-corrected chi connectivity index (χ4v) is 2.41. The Balaban J connectivity index is 2.02. The first-order chi connectivity index (χ1) is 11.4. The number of alkyl halides is 3. The first-order valence-corrected chi connectivity index (χ1v) is 7.20. The van der Waals surface area contributed by atoms with Crippen LogP contribution in [-0.2, 0) is 6.18 Å². The predicted molar refractivity (Wildman–Crippen MR) is 80.5 cm³/mol. The highest BCUT2D eigenvalue weighted by Crippen LogP contribution is 2.37. The van der Waals surface area contributed by atoms with Gasteiger partial charge in [0, 0.05) is 24.8 Å². The zero-order chi connectivity index (χ0) is 17.3. The van der Waals surface area contributed by atoms with Gasteiger partial charge in [0.25, 0.3) is 0 Å². The van der Waals surface area contributed by atoms with E-state index in [9.17, 15) is 18.0 Å². The molecule has 1 saturated heterocycles. The van der Waals surface area contributed by atoms with Crippen LogP contribution < -0.4 is 15.8 Å². The Morgan fingerprint density at radius 3 is 2.38 bits per heavy atom. The third-order valence-corrected chi connectivity index (χ3v) is 3.67. The Labute approximate surface area is 135 Å². The number of amides is 1. The highest BCUT2D eigenvalue weighted by molar-refractivity contribution is 6.00. The molecule has 0 spiro atoms. The Morgan fingerprint density at radius 1 is 1.21 bits per heavy atom. The van der Waals surface area contributed by atoms with E-state index >= 15 is 0 Å².